The quantitative estimate of drug-likeness (QED) is 0.424. The first kappa shape index (κ1) is 6.32. The highest BCUT2D eigenvalue weighted by atomic mass is 15.0. The Morgan fingerprint density at radius 2 is 1.25 bits per heavy atom. The Morgan fingerprint density at radius 1 is 1.00 bits per heavy atom. The van der Waals surface area contributed by atoms with Gasteiger partial charge in [0.2, 0.25) is 11.6 Å². The maximum absolute atomic E-state index is 6.26. The predicted molar refractivity (Wildman–Crippen MR) is 28.6 cm³/mol. The van der Waals surface area contributed by atoms with Crippen LogP contribution in [-0.4, -0.2) is 0 Å². The van der Waals surface area contributed by atoms with Crippen molar-refractivity contribution in [3.8, 4) is 0 Å². The van der Waals surface area contributed by atoms with Crippen molar-refractivity contribution in [2.45, 2.75) is 0 Å². The van der Waals surface area contributed by atoms with Gasteiger partial charge in [-0.1, -0.05) is 13.1 Å². The number of hydrogen-bond acceptors (Lipinski definition) is 2. The van der Waals surface area contributed by atoms with Gasteiger partial charge in [0.15, 0.2) is 0 Å². The van der Waals surface area contributed by atoms with E-state index < -0.39 is 0 Å². The molecule has 0 aliphatic carbocycles. The lowest BCUT2D eigenvalue weighted by atomic mass is 10.7. The van der Waals surface area contributed by atoms with Gasteiger partial charge < -0.3 is 21.2 Å². The molecule has 0 saturated heterocycles. The summed E-state index contributed by atoms with van der Waals surface area (Å²) in [5.74, 6) is -0.472. The molecule has 0 aliphatic rings. The van der Waals surface area contributed by atoms with Crippen LogP contribution in [0.2, 0.25) is 0 Å². The molecular weight excluding hydrogens is 104 g/mol. The van der Waals surface area contributed by atoms with E-state index >= 15 is 0 Å². The first-order valence-electron chi connectivity index (χ1n) is 1.72. The fourth-order valence-corrected chi connectivity index (χ4v) is 0.115. The van der Waals surface area contributed by atoms with Gasteiger partial charge in [-0.15, -0.1) is 0 Å². The Labute approximate surface area is 47.0 Å². The molecule has 0 aromatic heterocycles. The summed E-state index contributed by atoms with van der Waals surface area (Å²) in [6, 6.07) is 0. The Morgan fingerprint density at radius 3 is 1.38 bits per heavy atom. The Hall–Kier alpha value is -1.68. The summed E-state index contributed by atoms with van der Waals surface area (Å²) in [6.45, 7) is 12.5. The molecule has 4 nitrogen and oxygen atoms in total. The van der Waals surface area contributed by atoms with Gasteiger partial charge in [0.25, 0.3) is 0 Å². The van der Waals surface area contributed by atoms with E-state index in [-0.39, 0.29) is 11.6 Å². The molecule has 0 bridgehead atoms. The van der Waals surface area contributed by atoms with Gasteiger partial charge >= 0.3 is 0 Å². The normalized spacial score (nSPS) is 10.8. The molecule has 8 heavy (non-hydrogen) atoms. The predicted octanol–water partition coefficient (Wildman–Crippen LogP) is -0.131. The monoisotopic (exact) mass is 108 g/mol. The zero-order valence-corrected chi connectivity index (χ0v) is 4.05. The molecule has 4 heteroatoms. The molecule has 0 aromatic rings. The molecule has 40 valence electrons. The highest BCUT2D eigenvalue weighted by Crippen LogP contribution is 1.91. The van der Waals surface area contributed by atoms with Crippen LogP contribution >= 0.6 is 0 Å². The average Bonchev–Trinajstić information content (AvgIpc) is 1.84. The van der Waals surface area contributed by atoms with Crippen molar-refractivity contribution in [3.05, 3.63) is 34.5 Å². The third-order valence-electron chi connectivity index (χ3n) is 0.503. The van der Waals surface area contributed by atoms with E-state index in [2.05, 4.69) is 9.69 Å². The molecular formula is C4H4N4. The van der Waals surface area contributed by atoms with Crippen LogP contribution in [0.5, 0.6) is 0 Å². The Balaban J connectivity index is 4.41. The third-order valence-corrected chi connectivity index (χ3v) is 0.503. The number of nitrogens with two attached hydrogens (primary N) is 2. The van der Waals surface area contributed by atoms with Gasteiger partial charge in [0, 0.05) is 0 Å². The molecule has 0 heterocycles. The minimum Gasteiger partial charge on any atom is -0.374 e. The zero-order valence-electron chi connectivity index (χ0n) is 4.05. The molecule has 0 rings (SSSR count). The van der Waals surface area contributed by atoms with Crippen LogP contribution in [0.1, 0.15) is 0 Å². The smallest absolute Gasteiger partial charge is 0.240 e. The topological polar surface area (TPSA) is 60.8 Å². The molecule has 0 fully saturated rings. The first-order valence-corrected chi connectivity index (χ1v) is 1.72. The number of nitrogens with zero attached hydrogens (tertiary/aromatic N) is 2. The fourth-order valence-electron chi connectivity index (χ4n) is 0.115. The molecule has 0 spiro atoms. The van der Waals surface area contributed by atoms with Crippen molar-refractivity contribution in [1.29, 1.82) is 0 Å². The van der Waals surface area contributed by atoms with E-state index in [9.17, 15) is 0 Å². The molecule has 0 aromatic carbocycles. The lowest BCUT2D eigenvalue weighted by Crippen LogP contribution is -2.02. The van der Waals surface area contributed by atoms with Crippen molar-refractivity contribution in [3.63, 3.8) is 0 Å². The average molecular weight is 108 g/mol. The summed E-state index contributed by atoms with van der Waals surface area (Å²) < 4.78 is 0. The summed E-state index contributed by atoms with van der Waals surface area (Å²) in [4.78, 5) is 5.46. The number of rotatable bonds is 0. The first-order chi connectivity index (χ1) is 3.72. The van der Waals surface area contributed by atoms with Gasteiger partial charge in [-0.05, 0) is 0 Å². The van der Waals surface area contributed by atoms with Gasteiger partial charge in [-0.2, -0.15) is 0 Å². The summed E-state index contributed by atoms with van der Waals surface area (Å²) in [5.41, 5.74) is 9.83. The standard InChI is InChI=1S/C4H4N4/c1-7-3(5)4(6)8-2/h5-6H2/b4-3-. The minimum absolute atomic E-state index is 0.236. The molecule has 0 unspecified atom stereocenters. The maximum Gasteiger partial charge on any atom is 0.240 e. The van der Waals surface area contributed by atoms with Crippen LogP contribution in [0, 0.1) is 13.1 Å². The summed E-state index contributed by atoms with van der Waals surface area (Å²) >= 11 is 0. The fraction of sp³-hybridized carbons (Fsp3) is 0. The minimum atomic E-state index is -0.236. The molecule has 4 N–H and O–H groups in total. The van der Waals surface area contributed by atoms with E-state index in [1.165, 1.54) is 0 Å². The molecule has 0 saturated carbocycles. The Bertz CT molecular complexity index is 167. The van der Waals surface area contributed by atoms with E-state index in [1.807, 2.05) is 0 Å². The van der Waals surface area contributed by atoms with Crippen molar-refractivity contribution in [1.82, 2.24) is 0 Å². The molecule has 0 atom stereocenters. The highest BCUT2D eigenvalue weighted by Gasteiger charge is 1.88. The Kier molecular flexibility index (Phi) is 1.96. The maximum atomic E-state index is 6.26. The summed E-state index contributed by atoms with van der Waals surface area (Å²) in [5, 5.41) is 0. The SMILES string of the molecule is [C-]#[N+]/C(N)=C(/N)[N+]#[C-]. The largest absolute Gasteiger partial charge is 0.374 e. The summed E-state index contributed by atoms with van der Waals surface area (Å²) in [7, 11) is 0. The summed E-state index contributed by atoms with van der Waals surface area (Å²) in [6.07, 6.45) is 0. The van der Waals surface area contributed by atoms with Gasteiger partial charge in [-0.3, -0.25) is 0 Å². The van der Waals surface area contributed by atoms with E-state index in [0.717, 1.165) is 0 Å². The van der Waals surface area contributed by atoms with Crippen molar-refractivity contribution in [2.75, 3.05) is 0 Å². The lowest BCUT2D eigenvalue weighted by molar-refractivity contribution is 1.27. The van der Waals surface area contributed by atoms with E-state index in [0.29, 0.717) is 0 Å². The second kappa shape index (κ2) is 2.49. The third kappa shape index (κ3) is 1.19. The van der Waals surface area contributed by atoms with E-state index in [4.69, 9.17) is 24.6 Å². The zero-order chi connectivity index (χ0) is 6.57. The molecule has 0 amide bonds. The van der Waals surface area contributed by atoms with Crippen molar-refractivity contribution >= 4 is 0 Å². The van der Waals surface area contributed by atoms with Gasteiger partial charge in [0.1, 0.15) is 0 Å². The van der Waals surface area contributed by atoms with Crippen LogP contribution < -0.4 is 11.5 Å². The second-order valence-electron chi connectivity index (χ2n) is 0.994. The molecule has 0 aliphatic heterocycles. The van der Waals surface area contributed by atoms with Gasteiger partial charge in [0.05, 0.1) is 0 Å². The number of hydrogen-bond donors (Lipinski definition) is 2. The van der Waals surface area contributed by atoms with Crippen LogP contribution in [-0.2, 0) is 0 Å². The van der Waals surface area contributed by atoms with Crippen molar-refractivity contribution in [2.24, 2.45) is 11.5 Å². The van der Waals surface area contributed by atoms with Crippen LogP contribution in [0.25, 0.3) is 9.69 Å². The van der Waals surface area contributed by atoms with Crippen LogP contribution in [0.4, 0.5) is 0 Å². The van der Waals surface area contributed by atoms with Crippen LogP contribution in [0.3, 0.4) is 0 Å². The lowest BCUT2D eigenvalue weighted by Gasteiger charge is -1.88. The second-order valence-corrected chi connectivity index (χ2v) is 0.994. The van der Waals surface area contributed by atoms with Crippen LogP contribution in [0.15, 0.2) is 11.6 Å². The van der Waals surface area contributed by atoms with Gasteiger partial charge in [-0.25, -0.2) is 0 Å². The van der Waals surface area contributed by atoms with E-state index in [1.54, 1.807) is 0 Å². The van der Waals surface area contributed by atoms with Crippen molar-refractivity contribution < 1.29 is 0 Å². The highest BCUT2D eigenvalue weighted by molar-refractivity contribution is 5.18. The molecule has 0 radical (unpaired) electrons.